The van der Waals surface area contributed by atoms with E-state index < -0.39 is 0 Å². The highest BCUT2D eigenvalue weighted by Crippen LogP contribution is 2.23. The molecule has 3 rings (SSSR count). The Balaban J connectivity index is 0.000000161. The fourth-order valence-electron chi connectivity index (χ4n) is 1.79. The summed E-state index contributed by atoms with van der Waals surface area (Å²) >= 11 is 0. The van der Waals surface area contributed by atoms with Gasteiger partial charge in [-0.05, 0) is 45.0 Å². The molecule has 0 aliphatic heterocycles. The number of hydrogen-bond acceptors (Lipinski definition) is 4. The van der Waals surface area contributed by atoms with Crippen LogP contribution in [0.25, 0.3) is 11.0 Å². The molecule has 0 amide bonds. The van der Waals surface area contributed by atoms with Gasteiger partial charge in [0.15, 0.2) is 0 Å². The van der Waals surface area contributed by atoms with Crippen molar-refractivity contribution in [1.82, 2.24) is 9.97 Å². The average molecular weight is 282 g/mol. The third-order valence-corrected chi connectivity index (χ3v) is 3.26. The minimum atomic E-state index is 0.134. The highest BCUT2D eigenvalue weighted by Gasteiger charge is 1.98. The zero-order valence-corrected chi connectivity index (χ0v) is 12.3. The van der Waals surface area contributed by atoms with Crippen molar-refractivity contribution in [3.63, 3.8) is 0 Å². The van der Waals surface area contributed by atoms with Crippen LogP contribution in [0.4, 0.5) is 0 Å². The number of rotatable bonds is 0. The molecule has 0 atom stereocenters. The van der Waals surface area contributed by atoms with Gasteiger partial charge in [0.05, 0.1) is 22.4 Å². The highest BCUT2D eigenvalue weighted by atomic mass is 16.3. The lowest BCUT2D eigenvalue weighted by atomic mass is 10.2. The second-order valence-electron chi connectivity index (χ2n) is 4.80. The average Bonchev–Trinajstić information content (AvgIpc) is 2.47. The van der Waals surface area contributed by atoms with E-state index >= 15 is 0 Å². The Morgan fingerprint density at radius 2 is 1.10 bits per heavy atom. The van der Waals surface area contributed by atoms with Crippen molar-refractivity contribution < 1.29 is 10.2 Å². The number of nitrogens with zero attached hydrogens (tertiary/aromatic N) is 2. The predicted octanol–water partition coefficient (Wildman–Crippen LogP) is 3.65. The number of phenolic OH excluding ortho intramolecular Hbond substituents is 2. The first-order valence-corrected chi connectivity index (χ1v) is 6.66. The van der Waals surface area contributed by atoms with Crippen molar-refractivity contribution >= 4 is 11.0 Å². The molecule has 2 N–H and O–H groups in total. The second kappa shape index (κ2) is 6.22. The van der Waals surface area contributed by atoms with Gasteiger partial charge in [0, 0.05) is 5.56 Å². The van der Waals surface area contributed by atoms with Crippen LogP contribution in [0.2, 0.25) is 0 Å². The molecule has 3 aromatic rings. The molecule has 0 spiro atoms. The topological polar surface area (TPSA) is 66.2 Å². The molecule has 0 aliphatic rings. The second-order valence-corrected chi connectivity index (χ2v) is 4.80. The first-order valence-electron chi connectivity index (χ1n) is 6.66. The van der Waals surface area contributed by atoms with Crippen LogP contribution in [0, 0.1) is 20.8 Å². The fourth-order valence-corrected chi connectivity index (χ4v) is 1.79. The monoisotopic (exact) mass is 282 g/mol. The van der Waals surface area contributed by atoms with Gasteiger partial charge in [-0.25, -0.2) is 9.97 Å². The Morgan fingerprint density at radius 3 is 1.48 bits per heavy atom. The van der Waals surface area contributed by atoms with Gasteiger partial charge in [-0.3, -0.25) is 0 Å². The number of hydrogen-bond donors (Lipinski definition) is 2. The van der Waals surface area contributed by atoms with E-state index in [1.54, 1.807) is 13.0 Å². The molecule has 0 bridgehead atoms. The summed E-state index contributed by atoms with van der Waals surface area (Å²) in [6.45, 7) is 5.62. The molecule has 4 nitrogen and oxygen atoms in total. The molecule has 1 aromatic heterocycles. The fraction of sp³-hybridized carbons (Fsp3) is 0.176. The van der Waals surface area contributed by atoms with Crippen molar-refractivity contribution in [1.29, 1.82) is 0 Å². The van der Waals surface area contributed by atoms with Crippen LogP contribution in [-0.2, 0) is 0 Å². The van der Waals surface area contributed by atoms with E-state index in [0.29, 0.717) is 5.56 Å². The third kappa shape index (κ3) is 3.48. The van der Waals surface area contributed by atoms with E-state index in [0.717, 1.165) is 22.4 Å². The SMILES string of the molecule is Cc1c(O)cccc1O.Cc1nc2ccccc2nc1C. The largest absolute Gasteiger partial charge is 0.508 e. The lowest BCUT2D eigenvalue weighted by molar-refractivity contribution is 0.443. The van der Waals surface area contributed by atoms with Gasteiger partial charge in [-0.15, -0.1) is 0 Å². The lowest BCUT2D eigenvalue weighted by Gasteiger charge is -2.00. The summed E-state index contributed by atoms with van der Waals surface area (Å²) in [5, 5.41) is 17.9. The summed E-state index contributed by atoms with van der Waals surface area (Å²) < 4.78 is 0. The Bertz CT molecular complexity index is 709. The minimum Gasteiger partial charge on any atom is -0.508 e. The molecule has 0 saturated heterocycles. The first-order chi connectivity index (χ1) is 9.99. The number of para-hydroxylation sites is 2. The summed E-state index contributed by atoms with van der Waals surface area (Å²) in [6, 6.07) is 12.6. The van der Waals surface area contributed by atoms with Crippen LogP contribution < -0.4 is 0 Å². The minimum absolute atomic E-state index is 0.134. The summed E-state index contributed by atoms with van der Waals surface area (Å²) in [6.07, 6.45) is 0. The highest BCUT2D eigenvalue weighted by molar-refractivity contribution is 5.74. The summed E-state index contributed by atoms with van der Waals surface area (Å²) in [7, 11) is 0. The van der Waals surface area contributed by atoms with Crippen molar-refractivity contribution in [2.75, 3.05) is 0 Å². The van der Waals surface area contributed by atoms with Gasteiger partial charge >= 0.3 is 0 Å². The van der Waals surface area contributed by atoms with Crippen LogP contribution >= 0.6 is 0 Å². The molecule has 2 aromatic carbocycles. The van der Waals surface area contributed by atoms with Crippen LogP contribution in [0.15, 0.2) is 42.5 Å². The molecular formula is C17H18N2O2. The normalized spacial score (nSPS) is 10.0. The van der Waals surface area contributed by atoms with E-state index in [1.807, 2.05) is 38.1 Å². The van der Waals surface area contributed by atoms with Crippen LogP contribution in [0.5, 0.6) is 11.5 Å². The summed E-state index contributed by atoms with van der Waals surface area (Å²) in [5.41, 5.74) is 4.49. The van der Waals surface area contributed by atoms with Gasteiger partial charge in [0.1, 0.15) is 11.5 Å². The van der Waals surface area contributed by atoms with Crippen LogP contribution in [-0.4, -0.2) is 20.2 Å². The summed E-state index contributed by atoms with van der Waals surface area (Å²) in [5.74, 6) is 0.269. The van der Waals surface area contributed by atoms with Crippen LogP contribution in [0.3, 0.4) is 0 Å². The number of aromatic hydroxyl groups is 2. The number of aryl methyl sites for hydroxylation is 2. The van der Waals surface area contributed by atoms with Crippen molar-refractivity contribution in [2.24, 2.45) is 0 Å². The molecule has 0 saturated carbocycles. The number of aromatic nitrogens is 2. The van der Waals surface area contributed by atoms with E-state index in [-0.39, 0.29) is 11.5 Å². The van der Waals surface area contributed by atoms with Gasteiger partial charge in [0.2, 0.25) is 0 Å². The Kier molecular flexibility index (Phi) is 4.38. The molecule has 108 valence electrons. The first kappa shape index (κ1) is 14.8. The van der Waals surface area contributed by atoms with Gasteiger partial charge in [0.25, 0.3) is 0 Å². The van der Waals surface area contributed by atoms with E-state index in [4.69, 9.17) is 10.2 Å². The zero-order valence-electron chi connectivity index (χ0n) is 12.3. The number of benzene rings is 2. The Hall–Kier alpha value is -2.62. The van der Waals surface area contributed by atoms with Gasteiger partial charge in [-0.1, -0.05) is 18.2 Å². The van der Waals surface area contributed by atoms with Crippen LogP contribution in [0.1, 0.15) is 17.0 Å². The Labute approximate surface area is 123 Å². The maximum Gasteiger partial charge on any atom is 0.122 e. The summed E-state index contributed by atoms with van der Waals surface area (Å²) in [4.78, 5) is 8.83. The molecule has 1 heterocycles. The van der Waals surface area contributed by atoms with E-state index in [1.165, 1.54) is 12.1 Å². The molecule has 0 unspecified atom stereocenters. The van der Waals surface area contributed by atoms with E-state index in [9.17, 15) is 0 Å². The zero-order chi connectivity index (χ0) is 15.4. The Morgan fingerprint density at radius 1 is 0.667 bits per heavy atom. The molecule has 4 heteroatoms. The molecule has 0 radical (unpaired) electrons. The number of phenols is 2. The van der Waals surface area contributed by atoms with Gasteiger partial charge < -0.3 is 10.2 Å². The maximum atomic E-state index is 8.94. The third-order valence-electron chi connectivity index (χ3n) is 3.26. The lowest BCUT2D eigenvalue weighted by Crippen LogP contribution is -1.92. The van der Waals surface area contributed by atoms with Crippen molar-refractivity contribution in [3.8, 4) is 11.5 Å². The van der Waals surface area contributed by atoms with E-state index in [2.05, 4.69) is 9.97 Å². The van der Waals surface area contributed by atoms with Crippen molar-refractivity contribution in [2.45, 2.75) is 20.8 Å². The molecule has 0 aliphatic carbocycles. The predicted molar refractivity (Wildman–Crippen MR) is 83.5 cm³/mol. The molecule has 0 fully saturated rings. The smallest absolute Gasteiger partial charge is 0.122 e. The van der Waals surface area contributed by atoms with Gasteiger partial charge in [-0.2, -0.15) is 0 Å². The standard InChI is InChI=1S/C10H10N2.C7H8O2/c1-7-8(2)12-10-6-4-3-5-9(10)11-7;1-5-6(8)3-2-4-7(5)9/h3-6H,1-2H3;2-4,8-9H,1H3. The van der Waals surface area contributed by atoms with Crippen molar-refractivity contribution in [3.05, 3.63) is 59.4 Å². The molecular weight excluding hydrogens is 264 g/mol. The molecule has 21 heavy (non-hydrogen) atoms. The quantitative estimate of drug-likeness (QED) is 0.660. The maximum absolute atomic E-state index is 8.94. The number of fused-ring (bicyclic) bond motifs is 1.